The summed E-state index contributed by atoms with van der Waals surface area (Å²) in [4.78, 5) is 22.1. The number of rotatable bonds is 4. The van der Waals surface area contributed by atoms with Gasteiger partial charge in [0.1, 0.15) is 12.5 Å². The SMILES string of the molecule is CC1CCC(C(C)C)C(OC(=O)CC(N)=O)C1. The first kappa shape index (κ1) is 14.0. The number of esters is 1. The minimum Gasteiger partial charge on any atom is -0.462 e. The summed E-state index contributed by atoms with van der Waals surface area (Å²) in [6, 6.07) is 0. The van der Waals surface area contributed by atoms with E-state index in [1.165, 1.54) is 6.42 Å². The highest BCUT2D eigenvalue weighted by atomic mass is 16.5. The Morgan fingerprint density at radius 1 is 1.35 bits per heavy atom. The molecule has 3 unspecified atom stereocenters. The van der Waals surface area contributed by atoms with Crippen molar-refractivity contribution >= 4 is 11.9 Å². The third kappa shape index (κ3) is 4.36. The van der Waals surface area contributed by atoms with Crippen LogP contribution in [-0.2, 0) is 14.3 Å². The van der Waals surface area contributed by atoms with Gasteiger partial charge in [0.25, 0.3) is 0 Å². The van der Waals surface area contributed by atoms with Gasteiger partial charge in [-0.25, -0.2) is 0 Å². The van der Waals surface area contributed by atoms with Crippen LogP contribution >= 0.6 is 0 Å². The minimum atomic E-state index is -0.625. The zero-order valence-electron chi connectivity index (χ0n) is 10.9. The van der Waals surface area contributed by atoms with Crippen molar-refractivity contribution in [2.45, 2.75) is 52.6 Å². The maximum Gasteiger partial charge on any atom is 0.315 e. The molecule has 1 aliphatic rings. The lowest BCUT2D eigenvalue weighted by Gasteiger charge is -2.36. The molecule has 0 radical (unpaired) electrons. The molecule has 0 aromatic rings. The van der Waals surface area contributed by atoms with Crippen molar-refractivity contribution in [2.75, 3.05) is 0 Å². The van der Waals surface area contributed by atoms with Gasteiger partial charge in [-0.05, 0) is 30.6 Å². The van der Waals surface area contributed by atoms with Gasteiger partial charge in [-0.2, -0.15) is 0 Å². The molecule has 1 fully saturated rings. The first-order chi connectivity index (χ1) is 7.90. The first-order valence-electron chi connectivity index (χ1n) is 6.38. The van der Waals surface area contributed by atoms with E-state index in [4.69, 9.17) is 10.5 Å². The lowest BCUT2D eigenvalue weighted by molar-refractivity contribution is -0.157. The Morgan fingerprint density at radius 2 is 2.00 bits per heavy atom. The van der Waals surface area contributed by atoms with Crippen molar-refractivity contribution in [2.24, 2.45) is 23.5 Å². The average molecular weight is 241 g/mol. The van der Waals surface area contributed by atoms with Crippen LogP contribution in [0.3, 0.4) is 0 Å². The summed E-state index contributed by atoms with van der Waals surface area (Å²) in [6.07, 6.45) is 2.81. The molecule has 17 heavy (non-hydrogen) atoms. The number of carbonyl (C=O) groups excluding carboxylic acids is 2. The zero-order valence-corrected chi connectivity index (χ0v) is 10.9. The van der Waals surface area contributed by atoms with Gasteiger partial charge in [0.15, 0.2) is 0 Å². The van der Waals surface area contributed by atoms with Crippen LogP contribution in [0.25, 0.3) is 0 Å². The second kappa shape index (κ2) is 6.03. The molecule has 0 aromatic carbocycles. The topological polar surface area (TPSA) is 69.4 Å². The lowest BCUT2D eigenvalue weighted by Crippen LogP contribution is -2.36. The predicted octanol–water partition coefficient (Wildman–Crippen LogP) is 1.87. The van der Waals surface area contributed by atoms with Gasteiger partial charge in [-0.1, -0.05) is 27.2 Å². The van der Waals surface area contributed by atoms with Crippen LogP contribution in [0.1, 0.15) is 46.5 Å². The van der Waals surface area contributed by atoms with Gasteiger partial charge >= 0.3 is 5.97 Å². The molecule has 1 rings (SSSR count). The Labute approximate surface area is 103 Å². The number of nitrogens with two attached hydrogens (primary N) is 1. The highest BCUT2D eigenvalue weighted by Gasteiger charge is 2.33. The average Bonchev–Trinajstić information content (AvgIpc) is 2.15. The monoisotopic (exact) mass is 241 g/mol. The summed E-state index contributed by atoms with van der Waals surface area (Å²) >= 11 is 0. The largest absolute Gasteiger partial charge is 0.462 e. The number of hydrogen-bond acceptors (Lipinski definition) is 3. The molecule has 0 saturated heterocycles. The van der Waals surface area contributed by atoms with Crippen LogP contribution in [0.4, 0.5) is 0 Å². The molecule has 3 atom stereocenters. The van der Waals surface area contributed by atoms with Crippen molar-refractivity contribution in [3.8, 4) is 0 Å². The van der Waals surface area contributed by atoms with Crippen molar-refractivity contribution in [3.05, 3.63) is 0 Å². The number of primary amides is 1. The fourth-order valence-electron chi connectivity index (χ4n) is 2.60. The number of amides is 1. The van der Waals surface area contributed by atoms with Gasteiger partial charge in [0, 0.05) is 0 Å². The Balaban J connectivity index is 2.57. The molecule has 98 valence electrons. The highest BCUT2D eigenvalue weighted by Crippen LogP contribution is 2.35. The predicted molar refractivity (Wildman–Crippen MR) is 65.0 cm³/mol. The first-order valence-corrected chi connectivity index (χ1v) is 6.38. The van der Waals surface area contributed by atoms with Crippen molar-refractivity contribution < 1.29 is 14.3 Å². The summed E-state index contributed by atoms with van der Waals surface area (Å²) in [7, 11) is 0. The van der Waals surface area contributed by atoms with Crippen LogP contribution in [0, 0.1) is 17.8 Å². The molecule has 0 bridgehead atoms. The molecule has 0 spiro atoms. The smallest absolute Gasteiger partial charge is 0.315 e. The lowest BCUT2D eigenvalue weighted by atomic mass is 9.75. The summed E-state index contributed by atoms with van der Waals surface area (Å²) in [6.45, 7) is 6.47. The molecule has 1 saturated carbocycles. The Bertz CT molecular complexity index is 288. The molecule has 4 heteroatoms. The molecule has 0 heterocycles. The summed E-state index contributed by atoms with van der Waals surface area (Å²) in [5.74, 6) is 0.371. The Morgan fingerprint density at radius 3 is 2.53 bits per heavy atom. The van der Waals surface area contributed by atoms with Crippen LogP contribution in [0.15, 0.2) is 0 Å². The van der Waals surface area contributed by atoms with Gasteiger partial charge in [0.05, 0.1) is 0 Å². The third-order valence-corrected chi connectivity index (χ3v) is 3.56. The van der Waals surface area contributed by atoms with Crippen LogP contribution < -0.4 is 5.73 Å². The van der Waals surface area contributed by atoms with Crippen molar-refractivity contribution in [1.82, 2.24) is 0 Å². The van der Waals surface area contributed by atoms with Crippen LogP contribution in [0.2, 0.25) is 0 Å². The standard InChI is InChI=1S/C13H23NO3/c1-8(2)10-5-4-9(3)6-11(10)17-13(16)7-12(14)15/h8-11H,4-7H2,1-3H3,(H2,14,15). The maximum atomic E-state index is 11.5. The summed E-state index contributed by atoms with van der Waals surface area (Å²) < 4.78 is 5.41. The van der Waals surface area contributed by atoms with Crippen LogP contribution in [-0.4, -0.2) is 18.0 Å². The highest BCUT2D eigenvalue weighted by molar-refractivity contribution is 5.93. The van der Waals surface area contributed by atoms with Gasteiger partial charge in [-0.15, -0.1) is 0 Å². The number of carbonyl (C=O) groups is 2. The molecule has 0 aliphatic heterocycles. The summed E-state index contributed by atoms with van der Waals surface area (Å²) in [5.41, 5.74) is 4.98. The van der Waals surface area contributed by atoms with Gasteiger partial charge < -0.3 is 10.5 Å². The van der Waals surface area contributed by atoms with E-state index in [0.717, 1.165) is 12.8 Å². The van der Waals surface area contributed by atoms with E-state index in [1.54, 1.807) is 0 Å². The molecule has 1 aliphatic carbocycles. The minimum absolute atomic E-state index is 0.0504. The van der Waals surface area contributed by atoms with Crippen molar-refractivity contribution in [1.29, 1.82) is 0 Å². The molecule has 1 amide bonds. The van der Waals surface area contributed by atoms with E-state index in [1.807, 2.05) is 0 Å². The maximum absolute atomic E-state index is 11.5. The van der Waals surface area contributed by atoms with Gasteiger partial charge in [-0.3, -0.25) is 9.59 Å². The van der Waals surface area contributed by atoms with Gasteiger partial charge in [0.2, 0.25) is 5.91 Å². The van der Waals surface area contributed by atoms with Crippen molar-refractivity contribution in [3.63, 3.8) is 0 Å². The third-order valence-electron chi connectivity index (χ3n) is 3.56. The Hall–Kier alpha value is -1.06. The van der Waals surface area contributed by atoms with E-state index >= 15 is 0 Å². The summed E-state index contributed by atoms with van der Waals surface area (Å²) in [5, 5.41) is 0. The fraction of sp³-hybridized carbons (Fsp3) is 0.846. The fourth-order valence-corrected chi connectivity index (χ4v) is 2.60. The second-order valence-electron chi connectivity index (χ2n) is 5.50. The van der Waals surface area contributed by atoms with E-state index < -0.39 is 11.9 Å². The van der Waals surface area contributed by atoms with E-state index in [9.17, 15) is 9.59 Å². The molecule has 0 aromatic heterocycles. The molecular formula is C13H23NO3. The molecule has 4 nitrogen and oxygen atoms in total. The van der Waals surface area contributed by atoms with E-state index in [-0.39, 0.29) is 12.5 Å². The number of hydrogen-bond donors (Lipinski definition) is 1. The van der Waals surface area contributed by atoms with Crippen LogP contribution in [0.5, 0.6) is 0 Å². The second-order valence-corrected chi connectivity index (χ2v) is 5.50. The van der Waals surface area contributed by atoms with E-state index in [0.29, 0.717) is 17.8 Å². The normalized spacial score (nSPS) is 29.1. The Kier molecular flexibility index (Phi) is 4.97. The zero-order chi connectivity index (χ0) is 13.0. The van der Waals surface area contributed by atoms with E-state index in [2.05, 4.69) is 20.8 Å². The molecule has 2 N–H and O–H groups in total. The molecular weight excluding hydrogens is 218 g/mol. The number of ether oxygens (including phenoxy) is 1. The quantitative estimate of drug-likeness (QED) is 0.603.